The van der Waals surface area contributed by atoms with E-state index in [0.29, 0.717) is 12.1 Å². The number of rotatable bonds is 1. The predicted octanol–water partition coefficient (Wildman–Crippen LogP) is 1.81. The number of piperidine rings is 1. The van der Waals surface area contributed by atoms with Crippen molar-refractivity contribution in [3.8, 4) is 0 Å². The Morgan fingerprint density at radius 2 is 1.94 bits per heavy atom. The van der Waals surface area contributed by atoms with Crippen molar-refractivity contribution in [2.75, 3.05) is 17.2 Å². The molecule has 0 spiro atoms. The van der Waals surface area contributed by atoms with Crippen LogP contribution in [0.25, 0.3) is 0 Å². The molecule has 0 amide bonds. The molecule has 1 saturated heterocycles. The second-order valence-electron chi connectivity index (χ2n) is 4.87. The molecule has 88 valence electrons. The van der Waals surface area contributed by atoms with Crippen molar-refractivity contribution in [1.82, 2.24) is 10.2 Å². The van der Waals surface area contributed by atoms with Gasteiger partial charge in [-0.2, -0.15) is 0 Å². The fourth-order valence-electron chi connectivity index (χ4n) is 3.20. The third kappa shape index (κ3) is 1.64. The maximum Gasteiger partial charge on any atom is 0.319 e. The molecule has 5 nitrogen and oxygen atoms in total. The number of fused-ring (bicyclic) bond motifs is 1. The van der Waals surface area contributed by atoms with Gasteiger partial charge in [0.15, 0.2) is 0 Å². The molecule has 3 rings (SSSR count). The van der Waals surface area contributed by atoms with Crippen LogP contribution in [0.5, 0.6) is 0 Å². The lowest BCUT2D eigenvalue weighted by Crippen LogP contribution is -2.47. The highest BCUT2D eigenvalue weighted by Crippen LogP contribution is 2.37. The summed E-state index contributed by atoms with van der Waals surface area (Å²) in [4.78, 5) is 2.27. The van der Waals surface area contributed by atoms with Crippen LogP contribution in [0.2, 0.25) is 0 Å². The fraction of sp³-hybridized carbons (Fsp3) is 0.818. The van der Waals surface area contributed by atoms with Crippen molar-refractivity contribution in [2.45, 2.75) is 44.6 Å². The Bertz CT molecular complexity index is 363. The first-order valence-corrected chi connectivity index (χ1v) is 6.20. The van der Waals surface area contributed by atoms with Crippen LogP contribution in [-0.4, -0.2) is 22.8 Å². The first-order chi connectivity index (χ1) is 7.84. The maximum absolute atomic E-state index is 5.49. The largest absolute Gasteiger partial charge is 0.390 e. The topological polar surface area (TPSA) is 68.2 Å². The molecule has 0 aromatic carbocycles. The van der Waals surface area contributed by atoms with Crippen molar-refractivity contribution in [3.63, 3.8) is 0 Å². The van der Waals surface area contributed by atoms with Gasteiger partial charge in [0.1, 0.15) is 0 Å². The van der Waals surface area contributed by atoms with E-state index in [-0.39, 0.29) is 6.01 Å². The van der Waals surface area contributed by atoms with E-state index in [1.165, 1.54) is 38.5 Å². The Labute approximate surface area is 95.0 Å². The Hall–Kier alpha value is -1.26. The van der Waals surface area contributed by atoms with Crippen LogP contribution in [-0.2, 0) is 0 Å². The van der Waals surface area contributed by atoms with Crippen LogP contribution < -0.4 is 10.6 Å². The van der Waals surface area contributed by atoms with Crippen molar-refractivity contribution in [3.05, 3.63) is 0 Å². The summed E-state index contributed by atoms with van der Waals surface area (Å²) in [6, 6.07) is 1.39. The molecule has 1 aromatic rings. The molecule has 2 atom stereocenters. The van der Waals surface area contributed by atoms with Gasteiger partial charge in [-0.25, -0.2) is 0 Å². The molecular weight excluding hydrogens is 204 g/mol. The second-order valence-corrected chi connectivity index (χ2v) is 4.87. The summed E-state index contributed by atoms with van der Waals surface area (Å²) in [6.07, 6.45) is 7.88. The smallest absolute Gasteiger partial charge is 0.319 e. The van der Waals surface area contributed by atoms with Gasteiger partial charge in [0.2, 0.25) is 0 Å². The lowest BCUT2D eigenvalue weighted by Gasteiger charge is -2.43. The summed E-state index contributed by atoms with van der Waals surface area (Å²) in [5, 5.41) is 7.76. The number of nitrogens with zero attached hydrogens (tertiary/aromatic N) is 3. The fourth-order valence-corrected chi connectivity index (χ4v) is 3.20. The van der Waals surface area contributed by atoms with Gasteiger partial charge in [-0.3, -0.25) is 0 Å². The number of hydrogen-bond acceptors (Lipinski definition) is 5. The number of nitrogens with two attached hydrogens (primary N) is 1. The molecule has 5 heteroatoms. The van der Waals surface area contributed by atoms with Gasteiger partial charge in [-0.15, -0.1) is 0 Å². The number of nitrogen functional groups attached to an aromatic ring is 1. The van der Waals surface area contributed by atoms with Gasteiger partial charge < -0.3 is 15.1 Å². The Kier molecular flexibility index (Phi) is 2.46. The quantitative estimate of drug-likeness (QED) is 0.784. The zero-order valence-electron chi connectivity index (χ0n) is 9.43. The van der Waals surface area contributed by atoms with Crippen molar-refractivity contribution in [1.29, 1.82) is 0 Å². The molecule has 2 fully saturated rings. The maximum atomic E-state index is 5.49. The lowest BCUT2D eigenvalue weighted by molar-refractivity contribution is 0.235. The van der Waals surface area contributed by atoms with Crippen LogP contribution in [0.3, 0.4) is 0 Å². The molecule has 1 aliphatic carbocycles. The van der Waals surface area contributed by atoms with E-state index in [2.05, 4.69) is 15.1 Å². The molecular formula is C11H18N4O. The zero-order chi connectivity index (χ0) is 11.0. The van der Waals surface area contributed by atoms with Crippen LogP contribution in [0.4, 0.5) is 12.0 Å². The van der Waals surface area contributed by atoms with Crippen LogP contribution in [0, 0.1) is 5.92 Å². The first kappa shape index (κ1) is 9.93. The standard InChI is InChI=1S/C11H18N4O/c12-10-13-14-11(16-10)15-7-3-5-8-4-1-2-6-9(8)15/h8-9H,1-7H2,(H2,12,13)/t8-,9-/m1/s1. The summed E-state index contributed by atoms with van der Waals surface area (Å²) in [5.41, 5.74) is 5.49. The van der Waals surface area contributed by atoms with Crippen molar-refractivity contribution in [2.24, 2.45) is 5.92 Å². The Morgan fingerprint density at radius 3 is 2.75 bits per heavy atom. The van der Waals surface area contributed by atoms with Crippen LogP contribution >= 0.6 is 0 Å². The zero-order valence-corrected chi connectivity index (χ0v) is 9.43. The molecule has 1 aromatic heterocycles. The first-order valence-electron chi connectivity index (χ1n) is 6.20. The average molecular weight is 222 g/mol. The highest BCUT2D eigenvalue weighted by Gasteiger charge is 2.35. The van der Waals surface area contributed by atoms with E-state index in [9.17, 15) is 0 Å². The minimum absolute atomic E-state index is 0.174. The highest BCUT2D eigenvalue weighted by molar-refractivity contribution is 5.31. The third-order valence-corrected chi connectivity index (χ3v) is 3.92. The van der Waals surface area contributed by atoms with E-state index < -0.39 is 0 Å². The van der Waals surface area contributed by atoms with Crippen molar-refractivity contribution >= 4 is 12.0 Å². The molecule has 1 saturated carbocycles. The van der Waals surface area contributed by atoms with E-state index in [1.807, 2.05) is 0 Å². The molecule has 1 aliphatic heterocycles. The minimum atomic E-state index is 0.174. The van der Waals surface area contributed by atoms with Gasteiger partial charge >= 0.3 is 12.0 Å². The minimum Gasteiger partial charge on any atom is -0.390 e. The van der Waals surface area contributed by atoms with Crippen LogP contribution in [0.1, 0.15) is 38.5 Å². The predicted molar refractivity (Wildman–Crippen MR) is 61.0 cm³/mol. The van der Waals surface area contributed by atoms with Gasteiger partial charge in [-0.1, -0.05) is 23.0 Å². The number of aromatic nitrogens is 2. The SMILES string of the molecule is Nc1nnc(N2CCC[C@H]3CCCC[C@H]32)o1. The monoisotopic (exact) mass is 222 g/mol. The second kappa shape index (κ2) is 3.96. The van der Waals surface area contributed by atoms with Gasteiger partial charge in [0.25, 0.3) is 0 Å². The molecule has 0 radical (unpaired) electrons. The van der Waals surface area contributed by atoms with E-state index >= 15 is 0 Å². The summed E-state index contributed by atoms with van der Waals surface area (Å²) >= 11 is 0. The summed E-state index contributed by atoms with van der Waals surface area (Å²) in [5.74, 6) is 0.815. The average Bonchev–Trinajstić information content (AvgIpc) is 2.75. The normalized spacial score (nSPS) is 30.1. The Balaban J connectivity index is 1.82. The molecule has 2 aliphatic rings. The van der Waals surface area contributed by atoms with Gasteiger partial charge in [0, 0.05) is 12.6 Å². The summed E-state index contributed by atoms with van der Waals surface area (Å²) in [6.45, 7) is 1.03. The summed E-state index contributed by atoms with van der Waals surface area (Å²) in [7, 11) is 0. The third-order valence-electron chi connectivity index (χ3n) is 3.92. The number of anilines is 2. The molecule has 2 N–H and O–H groups in total. The lowest BCUT2D eigenvalue weighted by atomic mass is 9.78. The van der Waals surface area contributed by atoms with Gasteiger partial charge in [-0.05, 0) is 31.6 Å². The van der Waals surface area contributed by atoms with Crippen molar-refractivity contribution < 1.29 is 4.42 Å². The summed E-state index contributed by atoms with van der Waals surface area (Å²) < 4.78 is 5.35. The van der Waals surface area contributed by atoms with E-state index in [4.69, 9.17) is 10.2 Å². The number of hydrogen-bond donors (Lipinski definition) is 1. The highest BCUT2D eigenvalue weighted by atomic mass is 16.4. The molecule has 2 heterocycles. The van der Waals surface area contributed by atoms with E-state index in [0.717, 1.165) is 12.5 Å². The molecule has 0 bridgehead atoms. The van der Waals surface area contributed by atoms with Gasteiger partial charge in [0.05, 0.1) is 0 Å². The molecule has 0 unspecified atom stereocenters. The van der Waals surface area contributed by atoms with Crippen LogP contribution in [0.15, 0.2) is 4.42 Å². The van der Waals surface area contributed by atoms with E-state index in [1.54, 1.807) is 0 Å². The Morgan fingerprint density at radius 1 is 1.12 bits per heavy atom. The molecule has 16 heavy (non-hydrogen) atoms.